The number of nitrogens with one attached hydrogen (secondary N) is 2. The number of carbonyl (C=O) groups is 1. The van der Waals surface area contributed by atoms with E-state index in [9.17, 15) is 4.79 Å². The molecule has 0 radical (unpaired) electrons. The highest BCUT2D eigenvalue weighted by Gasteiger charge is 2.15. The van der Waals surface area contributed by atoms with Crippen LogP contribution in [0.15, 0.2) is 67.1 Å². The Balaban J connectivity index is 1.48. The summed E-state index contributed by atoms with van der Waals surface area (Å²) >= 11 is 0. The lowest BCUT2D eigenvalue weighted by molar-refractivity contribution is 0.102. The normalized spacial score (nSPS) is 10.6. The molecule has 38 heavy (non-hydrogen) atoms. The van der Waals surface area contributed by atoms with Gasteiger partial charge in [-0.05, 0) is 55.3 Å². The Morgan fingerprint density at radius 2 is 1.87 bits per heavy atom. The minimum atomic E-state index is -0.257. The van der Waals surface area contributed by atoms with Gasteiger partial charge in [-0.15, -0.1) is 0 Å². The van der Waals surface area contributed by atoms with Crippen LogP contribution >= 0.6 is 0 Å². The molecule has 2 heterocycles. The third kappa shape index (κ3) is 7.03. The van der Waals surface area contributed by atoms with E-state index < -0.39 is 0 Å². The van der Waals surface area contributed by atoms with E-state index in [4.69, 9.17) is 9.47 Å². The van der Waals surface area contributed by atoms with Crippen LogP contribution in [0.4, 0.5) is 11.6 Å². The number of rotatable bonds is 12. The SMILES string of the molecule is CCCCCCOc1cccc(NC(=O)c2ccc(C)c(Oc3ncccc3-c3ncnc(NC)n3)c2)c1. The molecule has 9 heteroatoms. The Labute approximate surface area is 222 Å². The Morgan fingerprint density at radius 1 is 0.974 bits per heavy atom. The predicted molar refractivity (Wildman–Crippen MR) is 148 cm³/mol. The van der Waals surface area contributed by atoms with Gasteiger partial charge in [-0.2, -0.15) is 4.98 Å². The summed E-state index contributed by atoms with van der Waals surface area (Å²) in [7, 11) is 1.73. The Kier molecular flexibility index (Phi) is 9.17. The number of anilines is 2. The Bertz CT molecular complexity index is 1380. The zero-order valence-electron chi connectivity index (χ0n) is 21.9. The highest BCUT2D eigenvalue weighted by Crippen LogP contribution is 2.32. The second kappa shape index (κ2) is 13.1. The van der Waals surface area contributed by atoms with Crippen LogP contribution in [-0.2, 0) is 0 Å². The van der Waals surface area contributed by atoms with Gasteiger partial charge in [-0.3, -0.25) is 4.79 Å². The van der Waals surface area contributed by atoms with Gasteiger partial charge in [0.2, 0.25) is 11.8 Å². The van der Waals surface area contributed by atoms with E-state index in [1.807, 2.05) is 43.3 Å². The topological polar surface area (TPSA) is 111 Å². The summed E-state index contributed by atoms with van der Waals surface area (Å²) in [4.78, 5) is 30.2. The van der Waals surface area contributed by atoms with Gasteiger partial charge in [0.1, 0.15) is 17.8 Å². The van der Waals surface area contributed by atoms with Crippen LogP contribution < -0.4 is 20.1 Å². The average molecular weight is 513 g/mol. The second-order valence-electron chi connectivity index (χ2n) is 8.71. The second-order valence-corrected chi connectivity index (χ2v) is 8.71. The molecule has 0 aliphatic rings. The molecule has 2 N–H and O–H groups in total. The molecule has 0 aliphatic heterocycles. The van der Waals surface area contributed by atoms with Crippen LogP contribution in [0.25, 0.3) is 11.4 Å². The van der Waals surface area contributed by atoms with Crippen molar-refractivity contribution in [1.29, 1.82) is 0 Å². The molecule has 4 rings (SSSR count). The number of hydrogen-bond donors (Lipinski definition) is 2. The molecule has 0 aliphatic carbocycles. The summed E-state index contributed by atoms with van der Waals surface area (Å²) in [6.07, 6.45) is 7.61. The first-order chi connectivity index (χ1) is 18.6. The zero-order chi connectivity index (χ0) is 26.7. The van der Waals surface area contributed by atoms with Gasteiger partial charge >= 0.3 is 0 Å². The van der Waals surface area contributed by atoms with Crippen molar-refractivity contribution in [3.63, 3.8) is 0 Å². The van der Waals surface area contributed by atoms with Crippen LogP contribution in [0.1, 0.15) is 48.5 Å². The number of unbranched alkanes of at least 4 members (excludes halogenated alkanes) is 3. The number of amides is 1. The highest BCUT2D eigenvalue weighted by atomic mass is 16.5. The van der Waals surface area contributed by atoms with Crippen LogP contribution in [0.2, 0.25) is 0 Å². The third-order valence-electron chi connectivity index (χ3n) is 5.82. The van der Waals surface area contributed by atoms with Gasteiger partial charge in [0.25, 0.3) is 5.91 Å². The quantitative estimate of drug-likeness (QED) is 0.213. The molecule has 4 aromatic rings. The minimum absolute atomic E-state index is 0.257. The van der Waals surface area contributed by atoms with E-state index in [-0.39, 0.29) is 5.91 Å². The summed E-state index contributed by atoms with van der Waals surface area (Å²) in [5.41, 5.74) is 2.56. The van der Waals surface area contributed by atoms with E-state index >= 15 is 0 Å². The molecule has 196 valence electrons. The lowest BCUT2D eigenvalue weighted by Gasteiger charge is -2.13. The van der Waals surface area contributed by atoms with Crippen molar-refractivity contribution in [1.82, 2.24) is 19.9 Å². The van der Waals surface area contributed by atoms with Crippen molar-refractivity contribution < 1.29 is 14.3 Å². The predicted octanol–water partition coefficient (Wildman–Crippen LogP) is 6.29. The van der Waals surface area contributed by atoms with Crippen molar-refractivity contribution in [3.8, 4) is 28.8 Å². The Hall–Kier alpha value is -4.53. The largest absolute Gasteiger partial charge is 0.494 e. The molecule has 9 nitrogen and oxygen atoms in total. The smallest absolute Gasteiger partial charge is 0.255 e. The van der Waals surface area contributed by atoms with Crippen molar-refractivity contribution in [2.75, 3.05) is 24.3 Å². The Morgan fingerprint density at radius 3 is 2.71 bits per heavy atom. The molecule has 0 spiro atoms. The van der Waals surface area contributed by atoms with Crippen LogP contribution in [0.5, 0.6) is 17.4 Å². The number of aryl methyl sites for hydroxylation is 1. The van der Waals surface area contributed by atoms with Gasteiger partial charge in [-0.25, -0.2) is 15.0 Å². The first-order valence-corrected chi connectivity index (χ1v) is 12.7. The van der Waals surface area contributed by atoms with Crippen LogP contribution in [0.3, 0.4) is 0 Å². The molecular weight excluding hydrogens is 480 g/mol. The number of pyridine rings is 1. The monoisotopic (exact) mass is 512 g/mol. The molecule has 0 saturated carbocycles. The van der Waals surface area contributed by atoms with E-state index in [0.29, 0.717) is 46.8 Å². The van der Waals surface area contributed by atoms with Crippen LogP contribution in [0, 0.1) is 6.92 Å². The maximum absolute atomic E-state index is 13.1. The molecule has 2 aromatic heterocycles. The van der Waals surface area contributed by atoms with Gasteiger partial charge in [-0.1, -0.05) is 38.3 Å². The fourth-order valence-corrected chi connectivity index (χ4v) is 3.73. The fraction of sp³-hybridized carbons (Fsp3) is 0.276. The average Bonchev–Trinajstić information content (AvgIpc) is 2.94. The number of ether oxygens (including phenoxy) is 2. The fourth-order valence-electron chi connectivity index (χ4n) is 3.73. The molecular formula is C29H32N6O3. The summed E-state index contributed by atoms with van der Waals surface area (Å²) in [6, 6.07) is 16.3. The summed E-state index contributed by atoms with van der Waals surface area (Å²) < 4.78 is 12.0. The van der Waals surface area contributed by atoms with Gasteiger partial charge < -0.3 is 20.1 Å². The van der Waals surface area contributed by atoms with E-state index in [0.717, 1.165) is 24.2 Å². The third-order valence-corrected chi connectivity index (χ3v) is 5.82. The van der Waals surface area contributed by atoms with Crippen molar-refractivity contribution in [3.05, 3.63) is 78.2 Å². The summed E-state index contributed by atoms with van der Waals surface area (Å²) in [6.45, 7) is 4.75. The number of hydrogen-bond acceptors (Lipinski definition) is 8. The van der Waals surface area contributed by atoms with Gasteiger partial charge in [0, 0.05) is 30.6 Å². The molecule has 1 amide bonds. The molecule has 2 aromatic carbocycles. The number of nitrogens with zero attached hydrogens (tertiary/aromatic N) is 4. The van der Waals surface area contributed by atoms with E-state index in [1.165, 1.54) is 19.2 Å². The first-order valence-electron chi connectivity index (χ1n) is 12.7. The van der Waals surface area contributed by atoms with E-state index in [2.05, 4.69) is 37.5 Å². The lowest BCUT2D eigenvalue weighted by Crippen LogP contribution is -2.12. The zero-order valence-corrected chi connectivity index (χ0v) is 21.9. The summed E-state index contributed by atoms with van der Waals surface area (Å²) in [5.74, 6) is 2.16. The standard InChI is InChI=1S/C29H32N6O3/c1-4-5-6-7-16-37-23-11-8-10-22(18-23)34-27(36)21-14-13-20(2)25(17-21)38-28-24(12-9-15-31-28)26-32-19-33-29(30-3)35-26/h8-15,17-19H,4-7,16H2,1-3H3,(H,34,36)(H,30,32,33,35). The number of carbonyl (C=O) groups excluding carboxylic acids is 1. The molecule has 0 atom stereocenters. The van der Waals surface area contributed by atoms with Crippen molar-refractivity contribution in [2.24, 2.45) is 0 Å². The summed E-state index contributed by atoms with van der Waals surface area (Å²) in [5, 5.41) is 5.85. The van der Waals surface area contributed by atoms with Gasteiger partial charge in [0.15, 0.2) is 5.82 Å². The number of aromatic nitrogens is 4. The molecule has 0 fully saturated rings. The molecule has 0 unspecified atom stereocenters. The molecule has 0 bridgehead atoms. The van der Waals surface area contributed by atoms with Crippen molar-refractivity contribution in [2.45, 2.75) is 39.5 Å². The molecule has 0 saturated heterocycles. The lowest BCUT2D eigenvalue weighted by atomic mass is 10.1. The number of benzene rings is 2. The van der Waals surface area contributed by atoms with Gasteiger partial charge in [0.05, 0.1) is 12.2 Å². The van der Waals surface area contributed by atoms with Crippen molar-refractivity contribution >= 4 is 17.5 Å². The highest BCUT2D eigenvalue weighted by molar-refractivity contribution is 6.04. The van der Waals surface area contributed by atoms with Crippen LogP contribution in [-0.4, -0.2) is 39.5 Å². The maximum Gasteiger partial charge on any atom is 0.255 e. The minimum Gasteiger partial charge on any atom is -0.494 e. The van der Waals surface area contributed by atoms with E-state index in [1.54, 1.807) is 31.4 Å². The maximum atomic E-state index is 13.1. The first kappa shape index (κ1) is 26.5.